The number of hydrogen-bond donors (Lipinski definition) is 0. The highest BCUT2D eigenvalue weighted by molar-refractivity contribution is 6.33. The summed E-state index contributed by atoms with van der Waals surface area (Å²) in [6, 6.07) is 4.22. The van der Waals surface area contributed by atoms with Crippen LogP contribution in [-0.2, 0) is 16.1 Å². The molecular weight excluding hydrogens is 238 g/mol. The summed E-state index contributed by atoms with van der Waals surface area (Å²) in [5.41, 5.74) is 0.119. The maximum Gasteiger partial charge on any atom is 0.288 e. The van der Waals surface area contributed by atoms with E-state index in [9.17, 15) is 20.0 Å². The average molecular weight is 245 g/mol. The molecule has 0 spiro atoms. The van der Waals surface area contributed by atoms with Crippen LogP contribution >= 0.6 is 11.6 Å². The van der Waals surface area contributed by atoms with Crippen molar-refractivity contribution in [1.29, 1.82) is 0 Å². The topological polar surface area (TPSA) is 92.5 Å². The molecule has 0 radical (unpaired) electrons. The summed E-state index contributed by atoms with van der Waals surface area (Å²) in [7, 11) is 0. The van der Waals surface area contributed by atoms with Gasteiger partial charge in [0.05, 0.1) is 24.1 Å². The van der Waals surface area contributed by atoms with E-state index in [1.807, 2.05) is 0 Å². The fourth-order valence-electron chi connectivity index (χ4n) is 1.06. The van der Waals surface area contributed by atoms with E-state index in [2.05, 4.69) is 0 Å². The van der Waals surface area contributed by atoms with Crippen molar-refractivity contribution in [3.05, 3.63) is 38.9 Å². The van der Waals surface area contributed by atoms with Crippen molar-refractivity contribution in [3.8, 4) is 0 Å². The smallest absolute Gasteiger partial charge is 0.288 e. The zero-order valence-corrected chi connectivity index (χ0v) is 8.77. The summed E-state index contributed by atoms with van der Waals surface area (Å²) >= 11 is 5.73. The van der Waals surface area contributed by atoms with Crippen LogP contribution in [0.2, 0.25) is 5.02 Å². The molecule has 0 bridgehead atoms. The molecule has 0 atom stereocenters. The Morgan fingerprint density at radius 3 is 2.75 bits per heavy atom. The molecular formula is C9H7ClNO5-. The summed E-state index contributed by atoms with van der Waals surface area (Å²) in [5.74, 6) is -1.36. The first-order valence-corrected chi connectivity index (χ1v) is 4.59. The van der Waals surface area contributed by atoms with Crippen LogP contribution in [0, 0.1) is 10.1 Å². The third-order valence-electron chi connectivity index (χ3n) is 1.73. The van der Waals surface area contributed by atoms with Gasteiger partial charge < -0.3 is 14.6 Å². The molecule has 7 heteroatoms. The molecule has 0 heterocycles. The normalized spacial score (nSPS) is 10.1. The van der Waals surface area contributed by atoms with Crippen molar-refractivity contribution in [2.24, 2.45) is 0 Å². The highest BCUT2D eigenvalue weighted by Gasteiger charge is 2.14. The predicted octanol–water partition coefficient (Wildman–Crippen LogP) is 0.515. The molecule has 1 aromatic carbocycles. The number of halogens is 1. The minimum atomic E-state index is -1.36. The van der Waals surface area contributed by atoms with Crippen LogP contribution in [0.4, 0.5) is 5.69 Å². The molecule has 0 N–H and O–H groups in total. The molecule has 0 aromatic heterocycles. The molecule has 1 rings (SSSR count). The molecule has 0 unspecified atom stereocenters. The van der Waals surface area contributed by atoms with Crippen molar-refractivity contribution in [3.63, 3.8) is 0 Å². The Morgan fingerprint density at radius 1 is 1.50 bits per heavy atom. The minimum Gasteiger partial charge on any atom is -0.548 e. The Kier molecular flexibility index (Phi) is 4.21. The minimum absolute atomic E-state index is 0.0501. The lowest BCUT2D eigenvalue weighted by atomic mass is 10.2. The SMILES string of the molecule is O=C([O-])COCc1cccc([N+](=O)[O-])c1Cl. The molecule has 1 aromatic rings. The number of nitro benzene ring substituents is 1. The molecule has 86 valence electrons. The average Bonchev–Trinajstić information content (AvgIpc) is 2.19. The number of carboxylic acids is 1. The Hall–Kier alpha value is -1.66. The lowest BCUT2D eigenvalue weighted by Gasteiger charge is -2.06. The van der Waals surface area contributed by atoms with Gasteiger partial charge in [-0.25, -0.2) is 0 Å². The second kappa shape index (κ2) is 5.43. The number of carbonyl (C=O) groups is 1. The molecule has 0 aliphatic carbocycles. The van der Waals surface area contributed by atoms with Gasteiger partial charge in [-0.15, -0.1) is 0 Å². The highest BCUT2D eigenvalue weighted by atomic mass is 35.5. The van der Waals surface area contributed by atoms with E-state index in [0.717, 1.165) is 0 Å². The number of aliphatic carboxylic acids is 1. The quantitative estimate of drug-likeness (QED) is 0.556. The summed E-state index contributed by atoms with van der Waals surface area (Å²) in [6.07, 6.45) is 0. The molecule has 6 nitrogen and oxygen atoms in total. The maximum absolute atomic E-state index is 10.5. The Bertz CT molecular complexity index is 420. The van der Waals surface area contributed by atoms with Gasteiger partial charge >= 0.3 is 0 Å². The van der Waals surface area contributed by atoms with Crippen molar-refractivity contribution in [2.75, 3.05) is 6.61 Å². The Labute approximate surface area is 95.6 Å². The Balaban J connectivity index is 2.77. The van der Waals surface area contributed by atoms with Gasteiger partial charge in [-0.3, -0.25) is 10.1 Å². The third-order valence-corrected chi connectivity index (χ3v) is 2.17. The van der Waals surface area contributed by atoms with Crippen LogP contribution in [0.5, 0.6) is 0 Å². The van der Waals surface area contributed by atoms with E-state index in [4.69, 9.17) is 16.3 Å². The first-order valence-electron chi connectivity index (χ1n) is 4.21. The second-order valence-corrected chi connectivity index (χ2v) is 3.25. The van der Waals surface area contributed by atoms with Gasteiger partial charge in [-0.1, -0.05) is 23.7 Å². The molecule has 0 saturated carbocycles. The number of carboxylic acid groups (broad SMARTS) is 1. The molecule has 0 aliphatic heterocycles. The van der Waals surface area contributed by atoms with E-state index in [1.165, 1.54) is 18.2 Å². The highest BCUT2D eigenvalue weighted by Crippen LogP contribution is 2.27. The van der Waals surface area contributed by atoms with Crippen LogP contribution in [-0.4, -0.2) is 17.5 Å². The van der Waals surface area contributed by atoms with Crippen LogP contribution in [0.15, 0.2) is 18.2 Å². The largest absolute Gasteiger partial charge is 0.548 e. The fraction of sp³-hybridized carbons (Fsp3) is 0.222. The lowest BCUT2D eigenvalue weighted by Crippen LogP contribution is -2.27. The summed E-state index contributed by atoms with van der Waals surface area (Å²) in [4.78, 5) is 20.0. The van der Waals surface area contributed by atoms with E-state index < -0.39 is 17.5 Å². The Morgan fingerprint density at radius 2 is 2.19 bits per heavy atom. The van der Waals surface area contributed by atoms with Crippen molar-refractivity contribution < 1.29 is 19.6 Å². The number of nitro groups is 1. The summed E-state index contributed by atoms with van der Waals surface area (Å²) < 4.78 is 4.73. The fourth-order valence-corrected chi connectivity index (χ4v) is 1.31. The van der Waals surface area contributed by atoms with Crippen LogP contribution in [0.3, 0.4) is 0 Å². The number of ether oxygens (including phenoxy) is 1. The first-order chi connectivity index (χ1) is 7.52. The third kappa shape index (κ3) is 3.18. The summed E-state index contributed by atoms with van der Waals surface area (Å²) in [5, 5.41) is 20.6. The molecule has 16 heavy (non-hydrogen) atoms. The number of rotatable bonds is 5. The van der Waals surface area contributed by atoms with E-state index in [0.29, 0.717) is 5.56 Å². The van der Waals surface area contributed by atoms with E-state index in [1.54, 1.807) is 0 Å². The van der Waals surface area contributed by atoms with Gasteiger partial charge in [0, 0.05) is 11.6 Å². The van der Waals surface area contributed by atoms with Gasteiger partial charge in [0.25, 0.3) is 5.69 Å². The first kappa shape index (κ1) is 12.4. The summed E-state index contributed by atoms with van der Waals surface area (Å²) in [6.45, 7) is -0.701. The van der Waals surface area contributed by atoms with Crippen molar-refractivity contribution in [2.45, 2.75) is 6.61 Å². The van der Waals surface area contributed by atoms with Crippen LogP contribution < -0.4 is 5.11 Å². The molecule has 0 aliphatic rings. The van der Waals surface area contributed by atoms with Gasteiger partial charge in [-0.05, 0) is 0 Å². The lowest BCUT2D eigenvalue weighted by molar-refractivity contribution is -0.384. The molecule has 0 amide bonds. The standard InChI is InChI=1S/C9H8ClNO5/c10-9-6(4-16-5-8(12)13)2-1-3-7(9)11(14)15/h1-3H,4-5H2,(H,12,13)/p-1. The van der Waals surface area contributed by atoms with E-state index >= 15 is 0 Å². The second-order valence-electron chi connectivity index (χ2n) is 2.87. The number of nitrogens with zero attached hydrogens (tertiary/aromatic N) is 1. The number of carbonyl (C=O) groups excluding carboxylic acids is 1. The van der Waals surface area contributed by atoms with Crippen molar-refractivity contribution in [1.82, 2.24) is 0 Å². The molecule has 0 fully saturated rings. The van der Waals surface area contributed by atoms with E-state index in [-0.39, 0.29) is 17.3 Å². The zero-order chi connectivity index (χ0) is 12.1. The van der Waals surface area contributed by atoms with Gasteiger partial charge in [0.2, 0.25) is 0 Å². The van der Waals surface area contributed by atoms with Crippen LogP contribution in [0.25, 0.3) is 0 Å². The van der Waals surface area contributed by atoms with Crippen molar-refractivity contribution >= 4 is 23.3 Å². The zero-order valence-electron chi connectivity index (χ0n) is 8.01. The monoisotopic (exact) mass is 244 g/mol. The van der Waals surface area contributed by atoms with Gasteiger partial charge in [-0.2, -0.15) is 0 Å². The number of benzene rings is 1. The van der Waals surface area contributed by atoms with Gasteiger partial charge in [0.1, 0.15) is 5.02 Å². The molecule has 0 saturated heterocycles. The predicted molar refractivity (Wildman–Crippen MR) is 52.8 cm³/mol. The van der Waals surface area contributed by atoms with Crippen LogP contribution in [0.1, 0.15) is 5.56 Å². The van der Waals surface area contributed by atoms with Gasteiger partial charge in [0.15, 0.2) is 0 Å². The number of hydrogen-bond acceptors (Lipinski definition) is 5. The maximum atomic E-state index is 10.5.